The first-order chi connectivity index (χ1) is 15.1. The highest BCUT2D eigenvalue weighted by molar-refractivity contribution is 8.19. The summed E-state index contributed by atoms with van der Waals surface area (Å²) in [6.07, 6.45) is 6.52. The smallest absolute Gasteiger partial charge is 0.268 e. The van der Waals surface area contributed by atoms with Crippen molar-refractivity contribution in [2.75, 3.05) is 4.90 Å². The molecule has 7 nitrogen and oxygen atoms in total. The molecule has 1 aliphatic heterocycles. The molecule has 1 fully saturated rings. The predicted octanol–water partition coefficient (Wildman–Crippen LogP) is 5.35. The molecule has 0 aliphatic carbocycles. The Morgan fingerprint density at radius 1 is 1.00 bits per heavy atom. The second-order valence-corrected chi connectivity index (χ2v) is 7.38. The molecule has 31 heavy (non-hydrogen) atoms. The highest BCUT2D eigenvalue weighted by Crippen LogP contribution is 2.36. The molecule has 3 aromatic rings. The molecule has 2 heterocycles. The average molecular weight is 428 g/mol. The third-order valence-corrected chi connectivity index (χ3v) is 5.32. The van der Waals surface area contributed by atoms with Gasteiger partial charge >= 0.3 is 0 Å². The van der Waals surface area contributed by atoms with Gasteiger partial charge in [-0.2, -0.15) is 0 Å². The van der Waals surface area contributed by atoms with Gasteiger partial charge in [-0.05, 0) is 54.2 Å². The number of nitro groups is 1. The topological polar surface area (TPSA) is 88.7 Å². The number of thioether (sulfide) groups is 1. The van der Waals surface area contributed by atoms with Gasteiger partial charge in [-0.3, -0.25) is 19.8 Å². The second kappa shape index (κ2) is 9.19. The van der Waals surface area contributed by atoms with Crippen LogP contribution in [0.1, 0.15) is 5.56 Å². The fraction of sp³-hybridized carbons (Fsp3) is 0. The number of pyridine rings is 1. The molecule has 1 amide bonds. The van der Waals surface area contributed by atoms with Gasteiger partial charge in [0.05, 0.1) is 21.1 Å². The minimum absolute atomic E-state index is 0.00543. The van der Waals surface area contributed by atoms with Crippen molar-refractivity contribution in [2.45, 2.75) is 0 Å². The summed E-state index contributed by atoms with van der Waals surface area (Å²) < 4.78 is 0. The molecule has 1 saturated heterocycles. The van der Waals surface area contributed by atoms with Crippen LogP contribution in [-0.2, 0) is 4.79 Å². The number of allylic oxidation sites excluding steroid dienone is 2. The summed E-state index contributed by atoms with van der Waals surface area (Å²) >= 11 is 1.22. The molecule has 152 valence electrons. The van der Waals surface area contributed by atoms with Crippen molar-refractivity contribution in [3.8, 4) is 0 Å². The summed E-state index contributed by atoms with van der Waals surface area (Å²) in [6.45, 7) is 0. The third kappa shape index (κ3) is 4.59. The van der Waals surface area contributed by atoms with Crippen molar-refractivity contribution in [1.29, 1.82) is 0 Å². The number of aromatic nitrogens is 1. The Hall–Kier alpha value is -4.04. The van der Waals surface area contributed by atoms with E-state index in [4.69, 9.17) is 0 Å². The average Bonchev–Trinajstić information content (AvgIpc) is 3.10. The number of amidine groups is 1. The largest absolute Gasteiger partial charge is 0.276 e. The molecule has 2 aromatic carbocycles. The molecule has 0 N–H and O–H groups in total. The number of carbonyl (C=O) groups is 1. The highest BCUT2D eigenvalue weighted by atomic mass is 32.2. The van der Waals surface area contributed by atoms with Crippen LogP contribution in [0.4, 0.5) is 17.2 Å². The van der Waals surface area contributed by atoms with E-state index in [1.807, 2.05) is 36.4 Å². The zero-order valence-electron chi connectivity index (χ0n) is 16.2. The van der Waals surface area contributed by atoms with E-state index in [0.717, 1.165) is 0 Å². The van der Waals surface area contributed by atoms with Gasteiger partial charge in [-0.25, -0.2) is 9.98 Å². The van der Waals surface area contributed by atoms with Crippen LogP contribution in [0, 0.1) is 10.1 Å². The SMILES string of the molecule is O=C1/C(=C/C=C/c2ccccc2[N+](=O)[O-])S/C(=N/c2ccccn2)N1c1ccccc1. The number of carbonyl (C=O) groups excluding carboxylic acids is 1. The number of para-hydroxylation sites is 2. The molecular weight excluding hydrogens is 412 g/mol. The van der Waals surface area contributed by atoms with E-state index in [0.29, 0.717) is 27.1 Å². The number of aliphatic imine (C=N–C) groups is 1. The number of hydrogen-bond donors (Lipinski definition) is 0. The Labute approximate surface area is 182 Å². The van der Waals surface area contributed by atoms with Gasteiger partial charge in [0.2, 0.25) is 0 Å². The van der Waals surface area contributed by atoms with Gasteiger partial charge in [0.25, 0.3) is 11.6 Å². The summed E-state index contributed by atoms with van der Waals surface area (Å²) in [5, 5.41) is 11.7. The lowest BCUT2D eigenvalue weighted by molar-refractivity contribution is -0.385. The van der Waals surface area contributed by atoms with E-state index >= 15 is 0 Å². The molecule has 1 aliphatic rings. The normalized spacial score (nSPS) is 16.5. The molecule has 0 unspecified atom stereocenters. The first-order valence-corrected chi connectivity index (χ1v) is 10.1. The number of rotatable bonds is 5. The van der Waals surface area contributed by atoms with Crippen molar-refractivity contribution >= 4 is 46.1 Å². The van der Waals surface area contributed by atoms with Crippen LogP contribution in [0.2, 0.25) is 0 Å². The molecule has 0 atom stereocenters. The van der Waals surface area contributed by atoms with E-state index in [9.17, 15) is 14.9 Å². The quantitative estimate of drug-likeness (QED) is 0.310. The van der Waals surface area contributed by atoms with Crippen molar-refractivity contribution < 1.29 is 9.72 Å². The van der Waals surface area contributed by atoms with Crippen molar-refractivity contribution in [1.82, 2.24) is 4.98 Å². The Morgan fingerprint density at radius 3 is 2.48 bits per heavy atom. The van der Waals surface area contributed by atoms with E-state index in [-0.39, 0.29) is 11.6 Å². The first kappa shape index (κ1) is 20.2. The van der Waals surface area contributed by atoms with Crippen LogP contribution in [-0.4, -0.2) is 21.0 Å². The predicted molar refractivity (Wildman–Crippen MR) is 123 cm³/mol. The Bertz CT molecular complexity index is 1210. The molecule has 0 spiro atoms. The molecule has 1 aromatic heterocycles. The summed E-state index contributed by atoms with van der Waals surface area (Å²) in [6, 6.07) is 21.1. The molecule has 8 heteroatoms. The van der Waals surface area contributed by atoms with Crippen LogP contribution in [0.3, 0.4) is 0 Å². The van der Waals surface area contributed by atoms with E-state index in [2.05, 4.69) is 9.98 Å². The van der Waals surface area contributed by atoms with E-state index in [1.165, 1.54) is 22.7 Å². The molecular formula is C23H16N4O3S. The van der Waals surface area contributed by atoms with Gasteiger partial charge in [-0.15, -0.1) is 0 Å². The number of benzene rings is 2. The molecule has 0 saturated carbocycles. The maximum absolute atomic E-state index is 13.1. The lowest BCUT2D eigenvalue weighted by atomic mass is 10.1. The van der Waals surface area contributed by atoms with Crippen molar-refractivity contribution in [2.24, 2.45) is 4.99 Å². The third-order valence-electron chi connectivity index (χ3n) is 4.34. The Morgan fingerprint density at radius 2 is 1.74 bits per heavy atom. The highest BCUT2D eigenvalue weighted by Gasteiger charge is 2.34. The van der Waals surface area contributed by atoms with E-state index < -0.39 is 4.92 Å². The number of anilines is 1. The van der Waals surface area contributed by atoms with Crippen LogP contribution in [0.5, 0.6) is 0 Å². The minimum Gasteiger partial charge on any atom is -0.268 e. The number of hydrogen-bond acceptors (Lipinski definition) is 6. The summed E-state index contributed by atoms with van der Waals surface area (Å²) in [5.74, 6) is 0.272. The van der Waals surface area contributed by atoms with Crippen molar-refractivity contribution in [3.63, 3.8) is 0 Å². The van der Waals surface area contributed by atoms with Gasteiger partial charge in [-0.1, -0.05) is 42.5 Å². The summed E-state index contributed by atoms with van der Waals surface area (Å²) in [7, 11) is 0. The first-order valence-electron chi connectivity index (χ1n) is 9.32. The van der Waals surface area contributed by atoms with Crippen LogP contribution >= 0.6 is 11.8 Å². The lowest BCUT2D eigenvalue weighted by Crippen LogP contribution is -2.28. The maximum atomic E-state index is 13.1. The zero-order chi connectivity index (χ0) is 21.6. The minimum atomic E-state index is -0.433. The van der Waals surface area contributed by atoms with E-state index in [1.54, 1.807) is 54.8 Å². The van der Waals surface area contributed by atoms with Crippen LogP contribution in [0.25, 0.3) is 6.08 Å². The van der Waals surface area contributed by atoms with Crippen molar-refractivity contribution in [3.05, 3.63) is 112 Å². The monoisotopic (exact) mass is 428 g/mol. The van der Waals surface area contributed by atoms with Gasteiger partial charge in [0.15, 0.2) is 11.0 Å². The van der Waals surface area contributed by atoms with Gasteiger partial charge < -0.3 is 0 Å². The Kier molecular flexibility index (Phi) is 6.00. The Balaban J connectivity index is 1.67. The molecule has 4 rings (SSSR count). The standard InChI is InChI=1S/C23H16N4O3S/c28-22-20(14-8-10-17-9-4-5-13-19(17)27(29)30)31-23(25-21-15-6-7-16-24-21)26(22)18-11-2-1-3-12-18/h1-16H/b10-8+,20-14-,25-23+. The zero-order valence-corrected chi connectivity index (χ0v) is 17.0. The fourth-order valence-corrected chi connectivity index (χ4v) is 3.86. The van der Waals surface area contributed by atoms with Crippen LogP contribution in [0.15, 0.2) is 101 Å². The number of amides is 1. The summed E-state index contributed by atoms with van der Waals surface area (Å²) in [4.78, 5) is 34.6. The maximum Gasteiger partial charge on any atom is 0.276 e. The number of nitro benzene ring substituents is 1. The van der Waals surface area contributed by atoms with Crippen LogP contribution < -0.4 is 4.90 Å². The van der Waals surface area contributed by atoms with Gasteiger partial charge in [0, 0.05) is 12.3 Å². The van der Waals surface area contributed by atoms with Gasteiger partial charge in [0.1, 0.15) is 0 Å². The fourth-order valence-electron chi connectivity index (χ4n) is 2.92. The second-order valence-electron chi connectivity index (χ2n) is 6.37. The molecule has 0 bridgehead atoms. The number of nitrogens with zero attached hydrogens (tertiary/aromatic N) is 4. The molecule has 0 radical (unpaired) electrons. The lowest BCUT2D eigenvalue weighted by Gasteiger charge is -2.15. The summed E-state index contributed by atoms with van der Waals surface area (Å²) in [5.41, 5.74) is 1.16.